The summed E-state index contributed by atoms with van der Waals surface area (Å²) in [5.74, 6) is -1.72. The first-order valence-corrected chi connectivity index (χ1v) is 26.8. The molecular formula is C52H84O23. The van der Waals surface area contributed by atoms with Crippen molar-refractivity contribution in [1.82, 2.24) is 0 Å². The highest BCUT2D eigenvalue weighted by Gasteiger charge is 2.71. The van der Waals surface area contributed by atoms with Gasteiger partial charge in [-0.2, -0.15) is 0 Å². The van der Waals surface area contributed by atoms with Gasteiger partial charge in [-0.3, -0.25) is 0 Å². The summed E-state index contributed by atoms with van der Waals surface area (Å²) in [6.45, 7) is 13.3. The third-order valence-corrected chi connectivity index (χ3v) is 21.1. The minimum Gasteiger partial charge on any atom is -0.479 e. The van der Waals surface area contributed by atoms with Crippen LogP contribution in [0.3, 0.4) is 0 Å². The molecule has 5 unspecified atom stereocenters. The van der Waals surface area contributed by atoms with E-state index in [-0.39, 0.29) is 53.8 Å². The number of aliphatic hydroxyl groups excluding tert-OH is 13. The average Bonchev–Trinajstić information content (AvgIpc) is 3.38. The SMILES string of the molecule is CC1(C)CC2C3=CCC4[C@@]5(C)CCC(O[C@@H]6O[C@H](C(=O)O)[C@@H](O)[C@@H](O)[C@H]6O[C@@H]6O[C@H](CO)[C@H](O)[C@@H](O)[C@H]6O)[C@](C)(CO)C5CC[C@@]4(C)C3(C)CC[C@@]2(C)[C@H](O[C@@H]2OC[C@H](O)[C@@H](O[C@@H]3OC[C@@H](O)[C@@H](O)[C@H]3O)[C@H]2O)[C@@H]1O. The second kappa shape index (κ2) is 20.7. The van der Waals surface area contributed by atoms with E-state index in [1.165, 1.54) is 5.57 Å². The van der Waals surface area contributed by atoms with E-state index in [0.717, 1.165) is 12.8 Å². The second-order valence-corrected chi connectivity index (χ2v) is 25.5. The third-order valence-electron chi connectivity index (χ3n) is 21.1. The van der Waals surface area contributed by atoms with Gasteiger partial charge in [0, 0.05) is 10.8 Å². The van der Waals surface area contributed by atoms with Crippen molar-refractivity contribution >= 4 is 5.97 Å². The van der Waals surface area contributed by atoms with Crippen LogP contribution < -0.4 is 0 Å². The lowest BCUT2D eigenvalue weighted by Gasteiger charge is -2.72. The van der Waals surface area contributed by atoms with Gasteiger partial charge in [-0.25, -0.2) is 4.79 Å². The molecular weight excluding hydrogens is 993 g/mol. The lowest BCUT2D eigenvalue weighted by molar-refractivity contribution is -0.375. The van der Waals surface area contributed by atoms with Gasteiger partial charge in [-0.15, -0.1) is 0 Å². The summed E-state index contributed by atoms with van der Waals surface area (Å²) in [5.41, 5.74) is -2.02. The third kappa shape index (κ3) is 9.20. The summed E-state index contributed by atoms with van der Waals surface area (Å²) in [7, 11) is 0. The quantitative estimate of drug-likeness (QED) is 0.0768. The molecule has 0 aromatic carbocycles. The van der Waals surface area contributed by atoms with E-state index < -0.39 is 158 Å². The number of hydrogen-bond donors (Lipinski definition) is 14. The molecule has 0 radical (unpaired) electrons. The Labute approximate surface area is 436 Å². The summed E-state index contributed by atoms with van der Waals surface area (Å²) in [6, 6.07) is 0. The number of aliphatic hydroxyl groups is 13. The number of rotatable bonds is 11. The van der Waals surface area contributed by atoms with Crippen LogP contribution in [0.5, 0.6) is 0 Å². The van der Waals surface area contributed by atoms with Crippen LogP contribution in [0.2, 0.25) is 0 Å². The Balaban J connectivity index is 0.958. The maximum atomic E-state index is 12.4. The van der Waals surface area contributed by atoms with Gasteiger partial charge in [0.05, 0.1) is 44.7 Å². The molecule has 430 valence electrons. The van der Waals surface area contributed by atoms with Gasteiger partial charge >= 0.3 is 5.97 Å². The normalized spacial score (nSPS) is 55.9. The fourth-order valence-corrected chi connectivity index (χ4v) is 16.2. The van der Waals surface area contributed by atoms with Crippen molar-refractivity contribution in [3.05, 3.63) is 11.6 Å². The van der Waals surface area contributed by atoms with Crippen molar-refractivity contribution in [2.75, 3.05) is 26.4 Å². The highest BCUT2D eigenvalue weighted by Crippen LogP contribution is 2.76. The van der Waals surface area contributed by atoms with E-state index in [2.05, 4.69) is 33.8 Å². The van der Waals surface area contributed by atoms with Crippen molar-refractivity contribution in [3.8, 4) is 0 Å². The smallest absolute Gasteiger partial charge is 0.335 e. The highest BCUT2D eigenvalue weighted by atomic mass is 16.8. The van der Waals surface area contributed by atoms with Crippen LogP contribution in [0.4, 0.5) is 0 Å². The fourth-order valence-electron chi connectivity index (χ4n) is 16.2. The molecule has 4 aliphatic heterocycles. The van der Waals surface area contributed by atoms with Crippen LogP contribution in [0, 0.1) is 50.2 Å². The molecule has 0 bridgehead atoms. The maximum Gasteiger partial charge on any atom is 0.335 e. The van der Waals surface area contributed by atoms with Gasteiger partial charge in [0.2, 0.25) is 0 Å². The summed E-state index contributed by atoms with van der Waals surface area (Å²) < 4.78 is 47.9. The second-order valence-electron chi connectivity index (χ2n) is 25.5. The summed E-state index contributed by atoms with van der Waals surface area (Å²) in [5, 5.41) is 151. The molecule has 0 spiro atoms. The molecule has 4 saturated carbocycles. The van der Waals surface area contributed by atoms with Crippen LogP contribution in [-0.4, -0.2) is 233 Å². The van der Waals surface area contributed by atoms with Gasteiger partial charge < -0.3 is 109 Å². The van der Waals surface area contributed by atoms with E-state index in [1.54, 1.807) is 0 Å². The lowest BCUT2D eigenvalue weighted by atomic mass is 9.33. The van der Waals surface area contributed by atoms with E-state index >= 15 is 0 Å². The number of aliphatic carboxylic acids is 1. The Hall–Kier alpha value is -1.63. The fraction of sp³-hybridized carbons (Fsp3) is 0.942. The first kappa shape index (κ1) is 58.0. The van der Waals surface area contributed by atoms with E-state index in [9.17, 15) is 76.3 Å². The molecule has 0 aromatic heterocycles. The van der Waals surface area contributed by atoms with Crippen LogP contribution >= 0.6 is 0 Å². The van der Waals surface area contributed by atoms with Gasteiger partial charge in [-0.05, 0) is 90.8 Å². The minimum absolute atomic E-state index is 0.0796. The Bertz CT molecular complexity index is 2080. The van der Waals surface area contributed by atoms with Crippen LogP contribution in [0.15, 0.2) is 11.6 Å². The molecule has 8 fully saturated rings. The molecule has 4 saturated heterocycles. The van der Waals surface area contributed by atoms with Gasteiger partial charge in [0.1, 0.15) is 79.4 Å². The standard InChI is InChI=1S/C52H84O23/c1-47(2)16-22-21-8-9-27-49(4)12-11-28(71-46-39(33(61)32(60)38(73-46)42(66)67)74-45-35(63)31(59)30(58)25(17-53)70-45)50(5,20-54)26(49)10-13-52(27,7)51(21,6)15-14-48(22,3)41(40(47)65)75-44-36(64)37(24(56)19-69-44)72-43-34(62)29(57)23(55)18-68-43/h8,22-41,43-46,53-65H,9-20H2,1-7H3,(H,66,67)/t22?,23-,24+,25-,26?,27?,28?,29-,30+,31-,32+,33-,34-,35-,36-,37-,38+,39-,40+,41-,43+,44+,45+,46-,48-,49+,50-,51?,52-/m1/s1. The molecule has 23 nitrogen and oxygen atoms in total. The lowest BCUT2D eigenvalue weighted by Crippen LogP contribution is -2.69. The first-order chi connectivity index (χ1) is 35.0. The maximum absolute atomic E-state index is 12.4. The Morgan fingerprint density at radius 1 is 0.613 bits per heavy atom. The van der Waals surface area contributed by atoms with Crippen molar-refractivity contribution < 1.29 is 114 Å². The molecule has 4 heterocycles. The van der Waals surface area contributed by atoms with E-state index in [1.807, 2.05) is 20.8 Å². The minimum atomic E-state index is -2.03. The molecule has 29 atom stereocenters. The number of hydrogen-bond acceptors (Lipinski definition) is 22. The van der Waals surface area contributed by atoms with Gasteiger partial charge in [0.15, 0.2) is 31.3 Å². The first-order valence-electron chi connectivity index (χ1n) is 26.8. The highest BCUT2D eigenvalue weighted by molar-refractivity contribution is 5.73. The zero-order valence-electron chi connectivity index (χ0n) is 43.9. The van der Waals surface area contributed by atoms with Crippen molar-refractivity contribution in [2.45, 2.75) is 229 Å². The van der Waals surface area contributed by atoms with Crippen LogP contribution in [0.1, 0.15) is 99.8 Å². The zero-order chi connectivity index (χ0) is 54.9. The monoisotopic (exact) mass is 1080 g/mol. The van der Waals surface area contributed by atoms with Crippen molar-refractivity contribution in [3.63, 3.8) is 0 Å². The number of carbonyl (C=O) groups is 1. The summed E-state index contributed by atoms with van der Waals surface area (Å²) in [4.78, 5) is 12.4. The number of ether oxygens (including phenoxy) is 8. The topological polar surface area (TPSA) is 374 Å². The Kier molecular flexibility index (Phi) is 16.0. The number of fused-ring (bicyclic) bond motifs is 7. The molecule has 14 N–H and O–H groups in total. The van der Waals surface area contributed by atoms with Crippen LogP contribution in [0.25, 0.3) is 0 Å². The molecule has 0 amide bonds. The summed E-state index contributed by atoms with van der Waals surface area (Å²) >= 11 is 0. The molecule has 23 heteroatoms. The Morgan fingerprint density at radius 2 is 1.25 bits per heavy atom. The van der Waals surface area contributed by atoms with Crippen molar-refractivity contribution in [2.24, 2.45) is 50.2 Å². The van der Waals surface area contributed by atoms with Crippen molar-refractivity contribution in [1.29, 1.82) is 0 Å². The Morgan fingerprint density at radius 3 is 1.91 bits per heavy atom. The predicted octanol–water partition coefficient (Wildman–Crippen LogP) is -2.25. The van der Waals surface area contributed by atoms with E-state index in [0.29, 0.717) is 38.5 Å². The molecule has 75 heavy (non-hydrogen) atoms. The van der Waals surface area contributed by atoms with Gasteiger partial charge in [-0.1, -0.05) is 60.1 Å². The van der Waals surface area contributed by atoms with E-state index in [4.69, 9.17) is 37.9 Å². The average molecular weight is 1080 g/mol. The molecule has 9 aliphatic rings. The molecule has 0 aromatic rings. The number of carboxylic acid groups (broad SMARTS) is 1. The largest absolute Gasteiger partial charge is 0.479 e. The number of allylic oxidation sites excluding steroid dienone is 2. The predicted molar refractivity (Wildman–Crippen MR) is 254 cm³/mol. The van der Waals surface area contributed by atoms with Gasteiger partial charge in [0.25, 0.3) is 0 Å². The summed E-state index contributed by atoms with van der Waals surface area (Å²) in [6.07, 6.45) is -25.1. The zero-order valence-corrected chi connectivity index (χ0v) is 43.9. The molecule has 9 rings (SSSR count). The molecule has 5 aliphatic carbocycles. The van der Waals surface area contributed by atoms with Crippen LogP contribution in [-0.2, 0) is 42.7 Å². The number of carboxylic acids is 1.